The van der Waals surface area contributed by atoms with Gasteiger partial charge in [-0.3, -0.25) is 4.79 Å². The Bertz CT molecular complexity index is 332. The average molecular weight is 254 g/mol. The van der Waals surface area contributed by atoms with Gasteiger partial charge in [0.25, 0.3) is 0 Å². The van der Waals surface area contributed by atoms with Crippen LogP contribution in [-0.4, -0.2) is 52.6 Å². The number of likely N-dealkylation sites (tertiary alicyclic amines) is 2. The fourth-order valence-electron chi connectivity index (χ4n) is 3.05. The number of amides is 2. The van der Waals surface area contributed by atoms with Crippen LogP contribution in [0.3, 0.4) is 0 Å². The number of piperidine rings is 1. The topological polar surface area (TPSA) is 60.9 Å². The SMILES string of the molecule is CC1CCCN(C(=O)N2CCCC2CC(=O)O)C1. The van der Waals surface area contributed by atoms with E-state index < -0.39 is 5.97 Å². The zero-order valence-corrected chi connectivity index (χ0v) is 11.0. The van der Waals surface area contributed by atoms with Crippen LogP contribution in [0.4, 0.5) is 4.79 Å². The van der Waals surface area contributed by atoms with E-state index in [1.165, 1.54) is 6.42 Å². The molecule has 0 aromatic rings. The minimum atomic E-state index is -0.813. The maximum atomic E-state index is 12.4. The normalized spacial score (nSPS) is 28.5. The van der Waals surface area contributed by atoms with Gasteiger partial charge in [0.05, 0.1) is 6.42 Å². The summed E-state index contributed by atoms with van der Waals surface area (Å²) in [7, 11) is 0. The van der Waals surface area contributed by atoms with Gasteiger partial charge in [0.1, 0.15) is 0 Å². The standard InChI is InChI=1S/C13H22N2O3/c1-10-4-2-6-14(9-10)13(18)15-7-3-5-11(15)8-12(16)17/h10-11H,2-9H2,1H3,(H,16,17). The molecule has 5 nitrogen and oxygen atoms in total. The molecule has 18 heavy (non-hydrogen) atoms. The van der Waals surface area contributed by atoms with Crippen molar-refractivity contribution in [1.82, 2.24) is 9.80 Å². The van der Waals surface area contributed by atoms with E-state index >= 15 is 0 Å². The summed E-state index contributed by atoms with van der Waals surface area (Å²) < 4.78 is 0. The lowest BCUT2D eigenvalue weighted by molar-refractivity contribution is -0.138. The van der Waals surface area contributed by atoms with Gasteiger partial charge in [-0.2, -0.15) is 0 Å². The van der Waals surface area contributed by atoms with Crippen molar-refractivity contribution in [3.8, 4) is 0 Å². The molecule has 0 aliphatic carbocycles. The molecule has 2 amide bonds. The number of hydrogen-bond acceptors (Lipinski definition) is 2. The Morgan fingerprint density at radius 1 is 1.22 bits per heavy atom. The molecule has 102 valence electrons. The highest BCUT2D eigenvalue weighted by Crippen LogP contribution is 2.24. The van der Waals surface area contributed by atoms with Crippen LogP contribution in [0.2, 0.25) is 0 Å². The van der Waals surface area contributed by atoms with Gasteiger partial charge in [0.15, 0.2) is 0 Å². The van der Waals surface area contributed by atoms with Gasteiger partial charge in [-0.1, -0.05) is 6.92 Å². The van der Waals surface area contributed by atoms with Gasteiger partial charge in [-0.05, 0) is 31.6 Å². The van der Waals surface area contributed by atoms with Crippen LogP contribution in [0.1, 0.15) is 39.0 Å². The van der Waals surface area contributed by atoms with Crippen LogP contribution in [0.15, 0.2) is 0 Å². The molecular formula is C13H22N2O3. The third kappa shape index (κ3) is 2.94. The summed E-state index contributed by atoms with van der Waals surface area (Å²) in [6, 6.07) is -0.0578. The van der Waals surface area contributed by atoms with Crippen molar-refractivity contribution in [2.45, 2.75) is 45.1 Å². The largest absolute Gasteiger partial charge is 0.481 e. The zero-order chi connectivity index (χ0) is 13.1. The van der Waals surface area contributed by atoms with Crippen LogP contribution < -0.4 is 0 Å². The number of carboxylic acids is 1. The van der Waals surface area contributed by atoms with Crippen molar-refractivity contribution in [2.24, 2.45) is 5.92 Å². The van der Waals surface area contributed by atoms with Crippen LogP contribution in [0.25, 0.3) is 0 Å². The summed E-state index contributed by atoms with van der Waals surface area (Å²) in [5.41, 5.74) is 0. The Kier molecular flexibility index (Phi) is 4.09. The first-order chi connectivity index (χ1) is 8.58. The predicted octanol–water partition coefficient (Wildman–Crippen LogP) is 1.78. The molecule has 2 rings (SSSR count). The minimum absolute atomic E-state index is 0.0466. The molecule has 2 fully saturated rings. The van der Waals surface area contributed by atoms with Crippen molar-refractivity contribution >= 4 is 12.0 Å². The first kappa shape index (κ1) is 13.2. The van der Waals surface area contributed by atoms with Crippen molar-refractivity contribution in [3.05, 3.63) is 0 Å². The number of rotatable bonds is 2. The minimum Gasteiger partial charge on any atom is -0.481 e. The molecule has 2 atom stereocenters. The van der Waals surface area contributed by atoms with E-state index in [-0.39, 0.29) is 18.5 Å². The molecule has 0 radical (unpaired) electrons. The predicted molar refractivity (Wildman–Crippen MR) is 67.3 cm³/mol. The zero-order valence-electron chi connectivity index (χ0n) is 11.0. The Labute approximate surface area is 108 Å². The number of urea groups is 1. The summed E-state index contributed by atoms with van der Waals surface area (Å²) in [6.45, 7) is 4.51. The van der Waals surface area contributed by atoms with Gasteiger partial charge in [-0.25, -0.2) is 4.79 Å². The maximum Gasteiger partial charge on any atom is 0.320 e. The second-order valence-corrected chi connectivity index (χ2v) is 5.56. The highest BCUT2D eigenvalue weighted by molar-refractivity contribution is 5.76. The first-order valence-electron chi connectivity index (χ1n) is 6.85. The van der Waals surface area contributed by atoms with E-state index in [1.54, 1.807) is 4.90 Å². The molecule has 2 unspecified atom stereocenters. The van der Waals surface area contributed by atoms with Crippen molar-refractivity contribution in [3.63, 3.8) is 0 Å². The highest BCUT2D eigenvalue weighted by Gasteiger charge is 2.34. The summed E-state index contributed by atoms with van der Waals surface area (Å²) in [4.78, 5) is 26.9. The molecule has 1 N–H and O–H groups in total. The average Bonchev–Trinajstić information content (AvgIpc) is 2.75. The van der Waals surface area contributed by atoms with E-state index in [0.29, 0.717) is 12.5 Å². The van der Waals surface area contributed by atoms with Gasteiger partial charge in [0.2, 0.25) is 0 Å². The van der Waals surface area contributed by atoms with Crippen LogP contribution in [0.5, 0.6) is 0 Å². The molecule has 0 aromatic heterocycles. The summed E-state index contributed by atoms with van der Waals surface area (Å²) in [5, 5.41) is 8.87. The van der Waals surface area contributed by atoms with Crippen LogP contribution in [-0.2, 0) is 4.79 Å². The lowest BCUT2D eigenvalue weighted by Crippen LogP contribution is -2.49. The molecular weight excluding hydrogens is 232 g/mol. The van der Waals surface area contributed by atoms with Gasteiger partial charge < -0.3 is 14.9 Å². The molecule has 2 aliphatic rings. The van der Waals surface area contributed by atoms with E-state index in [1.807, 2.05) is 4.90 Å². The third-order valence-corrected chi connectivity index (χ3v) is 3.96. The van der Waals surface area contributed by atoms with Crippen molar-refractivity contribution in [1.29, 1.82) is 0 Å². The van der Waals surface area contributed by atoms with Gasteiger partial charge in [0, 0.05) is 25.7 Å². The molecule has 2 heterocycles. The number of carbonyl (C=O) groups is 2. The van der Waals surface area contributed by atoms with Gasteiger partial charge in [-0.15, -0.1) is 0 Å². The highest BCUT2D eigenvalue weighted by atomic mass is 16.4. The Morgan fingerprint density at radius 3 is 2.61 bits per heavy atom. The number of hydrogen-bond donors (Lipinski definition) is 1. The van der Waals surface area contributed by atoms with Crippen LogP contribution in [0, 0.1) is 5.92 Å². The number of carboxylic acid groups (broad SMARTS) is 1. The second-order valence-electron chi connectivity index (χ2n) is 5.56. The molecule has 2 aliphatic heterocycles. The summed E-state index contributed by atoms with van der Waals surface area (Å²) >= 11 is 0. The van der Waals surface area contributed by atoms with Gasteiger partial charge >= 0.3 is 12.0 Å². The monoisotopic (exact) mass is 254 g/mol. The fourth-order valence-corrected chi connectivity index (χ4v) is 3.05. The fraction of sp³-hybridized carbons (Fsp3) is 0.846. The van der Waals surface area contributed by atoms with E-state index in [0.717, 1.165) is 32.4 Å². The number of aliphatic carboxylic acids is 1. The van der Waals surface area contributed by atoms with E-state index in [9.17, 15) is 9.59 Å². The molecule has 5 heteroatoms. The molecule has 0 bridgehead atoms. The smallest absolute Gasteiger partial charge is 0.320 e. The summed E-state index contributed by atoms with van der Waals surface area (Å²) in [5.74, 6) is -0.255. The third-order valence-electron chi connectivity index (χ3n) is 3.96. The molecule has 0 spiro atoms. The molecule has 0 saturated carbocycles. The van der Waals surface area contributed by atoms with E-state index in [4.69, 9.17) is 5.11 Å². The Morgan fingerprint density at radius 2 is 1.94 bits per heavy atom. The maximum absolute atomic E-state index is 12.4. The second kappa shape index (κ2) is 5.59. The summed E-state index contributed by atoms with van der Waals surface area (Å²) in [6.07, 6.45) is 4.07. The Hall–Kier alpha value is -1.26. The number of nitrogens with zero attached hydrogens (tertiary/aromatic N) is 2. The van der Waals surface area contributed by atoms with Crippen LogP contribution >= 0.6 is 0 Å². The lowest BCUT2D eigenvalue weighted by atomic mass is 10.0. The Balaban J connectivity index is 1.96. The molecule has 0 aromatic carbocycles. The quantitative estimate of drug-likeness (QED) is 0.817. The number of carbonyl (C=O) groups excluding carboxylic acids is 1. The lowest BCUT2D eigenvalue weighted by Gasteiger charge is -2.35. The van der Waals surface area contributed by atoms with E-state index in [2.05, 4.69) is 6.92 Å². The molecule has 2 saturated heterocycles. The van der Waals surface area contributed by atoms with Crippen molar-refractivity contribution in [2.75, 3.05) is 19.6 Å². The van der Waals surface area contributed by atoms with Crippen molar-refractivity contribution < 1.29 is 14.7 Å². The first-order valence-corrected chi connectivity index (χ1v) is 6.85.